The van der Waals surface area contributed by atoms with Gasteiger partial charge in [0.15, 0.2) is 12.0 Å². The summed E-state index contributed by atoms with van der Waals surface area (Å²) in [6, 6.07) is 4.64. The summed E-state index contributed by atoms with van der Waals surface area (Å²) >= 11 is 6.08. The van der Waals surface area contributed by atoms with Crippen LogP contribution in [-0.4, -0.2) is 24.5 Å². The quantitative estimate of drug-likeness (QED) is 0.880. The predicted octanol–water partition coefficient (Wildman–Crippen LogP) is 2.26. The lowest BCUT2D eigenvalue weighted by atomic mass is 10.1. The van der Waals surface area contributed by atoms with E-state index in [1.807, 2.05) is 20.8 Å². The number of nitrogens with zero attached hydrogens (tertiary/aromatic N) is 1. The number of ether oxygens (including phenoxy) is 1. The van der Waals surface area contributed by atoms with Gasteiger partial charge >= 0.3 is 0 Å². The smallest absolute Gasteiger partial charge is 0.256 e. The third-order valence-corrected chi connectivity index (χ3v) is 3.03. The average Bonchev–Trinajstić information content (AvgIpc) is 2.67. The van der Waals surface area contributed by atoms with Crippen molar-refractivity contribution in [3.05, 3.63) is 28.8 Å². The van der Waals surface area contributed by atoms with E-state index in [-0.39, 0.29) is 11.4 Å². The molecule has 0 aromatic heterocycles. The second-order valence-corrected chi connectivity index (χ2v) is 6.05. The number of aliphatic imine (C=N–C) groups is 1. The molecule has 0 spiro atoms. The molecule has 1 aromatic carbocycles. The molecule has 5 nitrogen and oxygen atoms in total. The highest BCUT2D eigenvalue weighted by molar-refractivity contribution is 6.32. The van der Waals surface area contributed by atoms with Crippen molar-refractivity contribution in [2.24, 2.45) is 4.99 Å². The topological polar surface area (TPSA) is 62.7 Å². The molecule has 0 radical (unpaired) electrons. The molecule has 1 amide bonds. The number of hydrogen-bond donors (Lipinski definition) is 2. The molecule has 1 aromatic rings. The Balaban J connectivity index is 2.24. The number of hydrogen-bond acceptors (Lipinski definition) is 4. The normalized spacial score (nSPS) is 18.6. The van der Waals surface area contributed by atoms with E-state index >= 15 is 0 Å². The molecule has 1 aliphatic rings. The van der Waals surface area contributed by atoms with Crippen molar-refractivity contribution in [1.29, 1.82) is 0 Å². The molecule has 0 bridgehead atoms. The molecule has 0 saturated heterocycles. The van der Waals surface area contributed by atoms with Gasteiger partial charge in [0.25, 0.3) is 5.91 Å². The summed E-state index contributed by atoms with van der Waals surface area (Å²) in [5.41, 5.74) is 0.567. The van der Waals surface area contributed by atoms with E-state index in [0.29, 0.717) is 16.7 Å². The van der Waals surface area contributed by atoms with Crippen molar-refractivity contribution in [2.45, 2.75) is 32.4 Å². The number of nitrogens with one attached hydrogen (secondary N) is 2. The van der Waals surface area contributed by atoms with Crippen LogP contribution in [0.1, 0.15) is 32.4 Å². The van der Waals surface area contributed by atoms with E-state index in [1.165, 1.54) is 0 Å². The molecule has 1 heterocycles. The van der Waals surface area contributed by atoms with Crippen LogP contribution in [0.15, 0.2) is 23.2 Å². The zero-order valence-corrected chi connectivity index (χ0v) is 12.7. The molecule has 2 rings (SSSR count). The van der Waals surface area contributed by atoms with Crippen LogP contribution in [-0.2, 0) is 4.79 Å². The summed E-state index contributed by atoms with van der Waals surface area (Å²) in [5, 5.41) is 6.34. The van der Waals surface area contributed by atoms with Gasteiger partial charge in [0.1, 0.15) is 5.75 Å². The summed E-state index contributed by atoms with van der Waals surface area (Å²) in [4.78, 5) is 16.4. The second kappa shape index (κ2) is 5.32. The highest BCUT2D eigenvalue weighted by Gasteiger charge is 2.29. The maximum absolute atomic E-state index is 12.0. The summed E-state index contributed by atoms with van der Waals surface area (Å²) < 4.78 is 5.10. The largest absolute Gasteiger partial charge is 0.495 e. The van der Waals surface area contributed by atoms with Crippen molar-refractivity contribution >= 4 is 23.5 Å². The van der Waals surface area contributed by atoms with Crippen LogP contribution < -0.4 is 15.4 Å². The fourth-order valence-electron chi connectivity index (χ4n) is 1.90. The molecule has 0 aliphatic carbocycles. The van der Waals surface area contributed by atoms with Gasteiger partial charge in [-0.25, -0.2) is 4.99 Å². The molecule has 2 N–H and O–H groups in total. The first-order valence-electron chi connectivity index (χ1n) is 6.30. The zero-order chi connectivity index (χ0) is 14.9. The molecular weight excluding hydrogens is 278 g/mol. The number of rotatable bonds is 2. The summed E-state index contributed by atoms with van der Waals surface area (Å²) in [5.74, 6) is 0.892. The van der Waals surface area contributed by atoms with Crippen LogP contribution in [0.4, 0.5) is 0 Å². The summed E-state index contributed by atoms with van der Waals surface area (Å²) in [6.07, 6.45) is 0. The minimum atomic E-state index is -0.580. The molecule has 1 atom stereocenters. The Labute approximate surface area is 123 Å². The van der Waals surface area contributed by atoms with E-state index in [9.17, 15) is 4.79 Å². The lowest BCUT2D eigenvalue weighted by Gasteiger charge is -2.21. The highest BCUT2D eigenvalue weighted by Crippen LogP contribution is 2.30. The van der Waals surface area contributed by atoms with Gasteiger partial charge in [-0.05, 0) is 38.5 Å². The van der Waals surface area contributed by atoms with E-state index in [4.69, 9.17) is 16.3 Å². The van der Waals surface area contributed by atoms with Crippen molar-refractivity contribution in [3.63, 3.8) is 0 Å². The Kier molecular flexibility index (Phi) is 3.90. The maximum Gasteiger partial charge on any atom is 0.256 e. The van der Waals surface area contributed by atoms with E-state index in [1.54, 1.807) is 25.3 Å². The minimum absolute atomic E-state index is 0.168. The first-order chi connectivity index (χ1) is 9.30. The van der Waals surface area contributed by atoms with E-state index in [2.05, 4.69) is 15.6 Å². The van der Waals surface area contributed by atoms with Crippen molar-refractivity contribution < 1.29 is 9.53 Å². The molecule has 0 saturated carbocycles. The number of amides is 1. The van der Waals surface area contributed by atoms with Crippen molar-refractivity contribution in [1.82, 2.24) is 10.6 Å². The standard InChI is InChI=1S/C14H18ClN3O2/c1-14(2,3)18-13-16-11(12(19)17-13)8-5-6-10(20-4)9(15)7-8/h5-7,11H,1-4H3,(H2,16,17,18,19). The van der Waals surface area contributed by atoms with Crippen LogP contribution >= 0.6 is 11.6 Å². The highest BCUT2D eigenvalue weighted by atomic mass is 35.5. The van der Waals surface area contributed by atoms with Gasteiger partial charge in [0, 0.05) is 5.54 Å². The van der Waals surface area contributed by atoms with Gasteiger partial charge in [0.05, 0.1) is 12.1 Å². The third kappa shape index (κ3) is 3.22. The summed E-state index contributed by atoms with van der Waals surface area (Å²) in [7, 11) is 1.55. The van der Waals surface area contributed by atoms with Gasteiger partial charge in [-0.15, -0.1) is 0 Å². The second-order valence-electron chi connectivity index (χ2n) is 5.64. The van der Waals surface area contributed by atoms with Crippen LogP contribution in [0.25, 0.3) is 0 Å². The first kappa shape index (κ1) is 14.7. The monoisotopic (exact) mass is 295 g/mol. The van der Waals surface area contributed by atoms with E-state index in [0.717, 1.165) is 5.56 Å². The first-order valence-corrected chi connectivity index (χ1v) is 6.68. The number of carbonyl (C=O) groups is 1. The predicted molar refractivity (Wildman–Crippen MR) is 79.2 cm³/mol. The number of carbonyl (C=O) groups excluding carboxylic acids is 1. The maximum atomic E-state index is 12.0. The van der Waals surface area contributed by atoms with Crippen LogP contribution in [0, 0.1) is 0 Å². The van der Waals surface area contributed by atoms with Gasteiger partial charge in [0.2, 0.25) is 0 Å². The molecule has 1 aliphatic heterocycles. The Morgan fingerprint density at radius 3 is 2.65 bits per heavy atom. The Morgan fingerprint density at radius 1 is 1.40 bits per heavy atom. The molecule has 20 heavy (non-hydrogen) atoms. The van der Waals surface area contributed by atoms with Crippen molar-refractivity contribution in [2.75, 3.05) is 7.11 Å². The third-order valence-electron chi connectivity index (χ3n) is 2.73. The van der Waals surface area contributed by atoms with Gasteiger partial charge in [-0.1, -0.05) is 17.7 Å². The van der Waals surface area contributed by atoms with Gasteiger partial charge in [-0.3, -0.25) is 10.1 Å². The van der Waals surface area contributed by atoms with Gasteiger partial charge in [-0.2, -0.15) is 0 Å². The Morgan fingerprint density at radius 2 is 2.10 bits per heavy atom. The molecule has 6 heteroatoms. The minimum Gasteiger partial charge on any atom is -0.495 e. The molecular formula is C14H18ClN3O2. The van der Waals surface area contributed by atoms with Crippen LogP contribution in [0.5, 0.6) is 5.75 Å². The number of benzene rings is 1. The van der Waals surface area contributed by atoms with Crippen LogP contribution in [0.2, 0.25) is 5.02 Å². The zero-order valence-electron chi connectivity index (χ0n) is 12.0. The lowest BCUT2D eigenvalue weighted by molar-refractivity contribution is -0.120. The Bertz CT molecular complexity index is 564. The van der Waals surface area contributed by atoms with Crippen LogP contribution in [0.3, 0.4) is 0 Å². The molecule has 108 valence electrons. The summed E-state index contributed by atoms with van der Waals surface area (Å²) in [6.45, 7) is 6.00. The number of guanidine groups is 1. The fourth-order valence-corrected chi connectivity index (χ4v) is 2.17. The SMILES string of the molecule is COc1ccc(C2N=C(NC(C)(C)C)NC2=O)cc1Cl. The van der Waals surface area contributed by atoms with Crippen molar-refractivity contribution in [3.8, 4) is 5.75 Å². The number of halogens is 1. The lowest BCUT2D eigenvalue weighted by Crippen LogP contribution is -2.46. The van der Waals surface area contributed by atoms with Gasteiger partial charge < -0.3 is 10.1 Å². The fraction of sp³-hybridized carbons (Fsp3) is 0.429. The molecule has 1 unspecified atom stereocenters. The van der Waals surface area contributed by atoms with E-state index < -0.39 is 6.04 Å². The Hall–Kier alpha value is -1.75. The molecule has 0 fully saturated rings. The average molecular weight is 296 g/mol. The number of methoxy groups -OCH3 is 1.